The number of ketones is 1. The summed E-state index contributed by atoms with van der Waals surface area (Å²) in [5, 5.41) is 0. The maximum atomic E-state index is 12.8. The second kappa shape index (κ2) is 6.45. The number of ether oxygens (including phenoxy) is 1. The van der Waals surface area contributed by atoms with Gasteiger partial charge in [0, 0.05) is 18.8 Å². The Morgan fingerprint density at radius 1 is 1.13 bits per heavy atom. The van der Waals surface area contributed by atoms with Crippen LogP contribution >= 0.6 is 0 Å². The molecule has 0 N–H and O–H groups in total. The summed E-state index contributed by atoms with van der Waals surface area (Å²) in [4.78, 5) is 24.3. The summed E-state index contributed by atoms with van der Waals surface area (Å²) in [7, 11) is 0. The molecule has 0 aromatic carbocycles. The fourth-order valence-electron chi connectivity index (χ4n) is 2.00. The van der Waals surface area contributed by atoms with Crippen LogP contribution in [0, 0.1) is 0 Å². The Morgan fingerprint density at radius 2 is 1.70 bits per heavy atom. The van der Waals surface area contributed by atoms with E-state index in [1.165, 1.54) is 4.90 Å². The maximum absolute atomic E-state index is 12.8. The molecule has 0 aliphatic carbocycles. The molecule has 1 aliphatic rings. The molecular weight excluding hydrogens is 325 g/mol. The zero-order chi connectivity index (χ0) is 18.1. The number of hydrogen-bond donors (Lipinski definition) is 0. The summed E-state index contributed by atoms with van der Waals surface area (Å²) in [5.41, 5.74) is -0.756. The number of allylic oxidation sites excluding steroid dienone is 1. The highest BCUT2D eigenvalue weighted by atomic mass is 19.4. The lowest BCUT2D eigenvalue weighted by Gasteiger charge is -2.26. The van der Waals surface area contributed by atoms with Gasteiger partial charge in [0.2, 0.25) is 5.78 Å². The third-order valence-corrected chi connectivity index (χ3v) is 3.06. The number of likely N-dealkylation sites (tertiary alicyclic amines) is 1. The van der Waals surface area contributed by atoms with Crippen LogP contribution in [0.2, 0.25) is 0 Å². The monoisotopic (exact) mass is 343 g/mol. The van der Waals surface area contributed by atoms with Gasteiger partial charge in [-0.15, -0.1) is 0 Å². The van der Waals surface area contributed by atoms with E-state index in [-0.39, 0.29) is 12.6 Å². The number of carbonyl (C=O) groups excluding carboxylic acids is 2. The van der Waals surface area contributed by atoms with E-state index < -0.39 is 35.5 Å². The minimum atomic E-state index is -5.95. The second-order valence-corrected chi connectivity index (χ2v) is 6.18. The Labute approximate surface area is 130 Å². The van der Waals surface area contributed by atoms with E-state index in [0.717, 1.165) is 6.20 Å². The molecule has 1 heterocycles. The lowest BCUT2D eigenvalue weighted by Crippen LogP contribution is -2.43. The quantitative estimate of drug-likeness (QED) is 0.447. The van der Waals surface area contributed by atoms with E-state index in [1.807, 2.05) is 0 Å². The molecule has 0 amide bonds. The molecule has 0 spiro atoms. The molecule has 0 saturated carbocycles. The topological polar surface area (TPSA) is 46.6 Å². The summed E-state index contributed by atoms with van der Waals surface area (Å²) < 4.78 is 67.1. The first kappa shape index (κ1) is 19.4. The fraction of sp³-hybridized carbons (Fsp3) is 0.714. The van der Waals surface area contributed by atoms with Crippen LogP contribution in [0.25, 0.3) is 0 Å². The molecule has 0 radical (unpaired) electrons. The van der Waals surface area contributed by atoms with Crippen LogP contribution in [0.5, 0.6) is 0 Å². The molecule has 9 heteroatoms. The first-order chi connectivity index (χ1) is 10.3. The van der Waals surface area contributed by atoms with Crippen molar-refractivity contribution in [2.75, 3.05) is 6.54 Å². The zero-order valence-corrected chi connectivity index (χ0v) is 12.9. The van der Waals surface area contributed by atoms with Crippen molar-refractivity contribution in [3.8, 4) is 0 Å². The van der Waals surface area contributed by atoms with Crippen LogP contribution in [-0.4, -0.2) is 46.9 Å². The van der Waals surface area contributed by atoms with E-state index in [0.29, 0.717) is 12.8 Å². The summed E-state index contributed by atoms with van der Waals surface area (Å²) in [6, 6.07) is -0.808. The van der Waals surface area contributed by atoms with Crippen molar-refractivity contribution in [1.82, 2.24) is 4.90 Å². The van der Waals surface area contributed by atoms with Crippen molar-refractivity contribution in [1.29, 1.82) is 0 Å². The minimum absolute atomic E-state index is 0.149. The molecular formula is C14H18F5NO3. The lowest BCUT2D eigenvalue weighted by atomic mass is 10.1. The normalized spacial score (nSPS) is 20.2. The highest BCUT2D eigenvalue weighted by molar-refractivity contribution is 5.96. The zero-order valence-electron chi connectivity index (χ0n) is 12.9. The van der Waals surface area contributed by atoms with E-state index >= 15 is 0 Å². The average molecular weight is 343 g/mol. The molecule has 0 unspecified atom stereocenters. The van der Waals surface area contributed by atoms with Gasteiger partial charge in [0.15, 0.2) is 0 Å². The number of hydrogen-bond acceptors (Lipinski definition) is 4. The molecule has 4 nitrogen and oxygen atoms in total. The predicted octanol–water partition coefficient (Wildman–Crippen LogP) is 3.07. The summed E-state index contributed by atoms with van der Waals surface area (Å²) >= 11 is 0. The van der Waals surface area contributed by atoms with Crippen molar-refractivity contribution in [2.24, 2.45) is 0 Å². The summed E-state index contributed by atoms with van der Waals surface area (Å²) in [6.45, 7) is 5.19. The molecule has 1 atom stereocenters. The van der Waals surface area contributed by atoms with Gasteiger partial charge in [-0.2, -0.15) is 22.0 Å². The Bertz CT molecular complexity index is 494. The molecule has 0 aromatic rings. The number of esters is 1. The molecule has 23 heavy (non-hydrogen) atoms. The van der Waals surface area contributed by atoms with E-state index in [9.17, 15) is 31.5 Å². The Balaban J connectivity index is 2.79. The number of carbonyl (C=O) groups is 2. The van der Waals surface area contributed by atoms with Crippen LogP contribution in [0.15, 0.2) is 12.3 Å². The second-order valence-electron chi connectivity index (χ2n) is 6.18. The molecule has 1 rings (SSSR count). The number of nitrogens with zero attached hydrogens (tertiary/aromatic N) is 1. The highest BCUT2D eigenvalue weighted by Crippen LogP contribution is 2.36. The summed E-state index contributed by atoms with van der Waals surface area (Å²) in [5.74, 6) is -8.44. The van der Waals surface area contributed by atoms with Crippen molar-refractivity contribution < 1.29 is 36.3 Å². The van der Waals surface area contributed by atoms with Gasteiger partial charge in [-0.25, -0.2) is 4.79 Å². The minimum Gasteiger partial charge on any atom is -0.458 e. The maximum Gasteiger partial charge on any atom is 0.461 e. The molecule has 0 aromatic heterocycles. The van der Waals surface area contributed by atoms with Crippen LogP contribution in [-0.2, 0) is 14.3 Å². The van der Waals surface area contributed by atoms with Crippen molar-refractivity contribution in [2.45, 2.75) is 57.4 Å². The molecule has 132 valence electrons. The van der Waals surface area contributed by atoms with Crippen molar-refractivity contribution in [3.05, 3.63) is 12.3 Å². The fourth-order valence-corrected chi connectivity index (χ4v) is 2.00. The van der Waals surface area contributed by atoms with Crippen molar-refractivity contribution in [3.63, 3.8) is 0 Å². The van der Waals surface area contributed by atoms with Crippen LogP contribution in [0.4, 0.5) is 22.0 Å². The van der Waals surface area contributed by atoms with Gasteiger partial charge in [0.25, 0.3) is 0 Å². The third kappa shape index (κ3) is 4.90. The number of rotatable bonds is 4. The van der Waals surface area contributed by atoms with Crippen LogP contribution in [0.3, 0.4) is 0 Å². The Hall–Kier alpha value is -1.67. The number of alkyl halides is 5. The SMILES string of the molecule is CC(C)(C)OC(=O)[C@H]1CCCN1/C=C/C(=O)C(F)(F)C(F)(F)F. The van der Waals surface area contributed by atoms with Crippen molar-refractivity contribution >= 4 is 11.8 Å². The van der Waals surface area contributed by atoms with E-state index in [1.54, 1.807) is 20.8 Å². The van der Waals surface area contributed by atoms with E-state index in [4.69, 9.17) is 4.74 Å². The lowest BCUT2D eigenvalue weighted by molar-refractivity contribution is -0.266. The molecule has 1 fully saturated rings. The highest BCUT2D eigenvalue weighted by Gasteiger charge is 2.62. The predicted molar refractivity (Wildman–Crippen MR) is 70.7 cm³/mol. The summed E-state index contributed by atoms with van der Waals surface area (Å²) in [6.07, 6.45) is -4.12. The van der Waals surface area contributed by atoms with Gasteiger partial charge in [0.1, 0.15) is 11.6 Å². The largest absolute Gasteiger partial charge is 0.461 e. The first-order valence-corrected chi connectivity index (χ1v) is 6.91. The number of halogens is 5. The van der Waals surface area contributed by atoms with Gasteiger partial charge in [-0.3, -0.25) is 4.79 Å². The van der Waals surface area contributed by atoms with Crippen LogP contribution < -0.4 is 0 Å². The standard InChI is InChI=1S/C14H18F5NO3/c1-12(2,3)23-11(22)9-5-4-7-20(9)8-6-10(21)13(15,16)14(17,18)19/h6,8-9H,4-5,7H2,1-3H3/b8-6+/t9-/m1/s1. The molecule has 0 bridgehead atoms. The van der Waals surface area contributed by atoms with Gasteiger partial charge in [-0.05, 0) is 33.6 Å². The average Bonchev–Trinajstić information content (AvgIpc) is 2.80. The van der Waals surface area contributed by atoms with Gasteiger partial charge < -0.3 is 9.64 Å². The molecule has 1 aliphatic heterocycles. The van der Waals surface area contributed by atoms with Crippen LogP contribution in [0.1, 0.15) is 33.6 Å². The van der Waals surface area contributed by atoms with Gasteiger partial charge >= 0.3 is 18.1 Å². The smallest absolute Gasteiger partial charge is 0.458 e. The third-order valence-electron chi connectivity index (χ3n) is 3.06. The van der Waals surface area contributed by atoms with E-state index in [2.05, 4.69) is 0 Å². The molecule has 1 saturated heterocycles. The Kier molecular flexibility index (Phi) is 5.43. The first-order valence-electron chi connectivity index (χ1n) is 6.91. The van der Waals surface area contributed by atoms with Gasteiger partial charge in [-0.1, -0.05) is 0 Å². The Morgan fingerprint density at radius 3 is 2.17 bits per heavy atom. The van der Waals surface area contributed by atoms with Gasteiger partial charge in [0.05, 0.1) is 0 Å².